The van der Waals surface area contributed by atoms with Gasteiger partial charge in [-0.25, -0.2) is 0 Å². The first kappa shape index (κ1) is 10.4. The summed E-state index contributed by atoms with van der Waals surface area (Å²) >= 11 is 0. The Labute approximate surface area is 86.4 Å². The van der Waals surface area contributed by atoms with E-state index in [9.17, 15) is 0 Å². The van der Waals surface area contributed by atoms with Crippen molar-refractivity contribution in [1.29, 1.82) is 0 Å². The quantitative estimate of drug-likeness (QED) is 0.623. The summed E-state index contributed by atoms with van der Waals surface area (Å²) in [5.41, 5.74) is 5.83. The van der Waals surface area contributed by atoms with Crippen molar-refractivity contribution < 1.29 is 4.74 Å². The Morgan fingerprint density at radius 1 is 1.21 bits per heavy atom. The highest BCUT2D eigenvalue weighted by Crippen LogP contribution is 2.28. The van der Waals surface area contributed by atoms with Crippen molar-refractivity contribution in [2.45, 2.75) is 44.2 Å². The molecule has 82 valence electrons. The van der Waals surface area contributed by atoms with E-state index in [1.54, 1.807) is 0 Å². The van der Waals surface area contributed by atoms with Crippen LogP contribution in [0.15, 0.2) is 0 Å². The minimum Gasteiger partial charge on any atom is -0.380 e. The van der Waals surface area contributed by atoms with E-state index >= 15 is 0 Å². The van der Waals surface area contributed by atoms with Crippen molar-refractivity contribution in [2.24, 2.45) is 11.7 Å². The van der Waals surface area contributed by atoms with Crippen molar-refractivity contribution in [1.82, 2.24) is 5.32 Å². The highest BCUT2D eigenvalue weighted by Gasteiger charge is 2.22. The SMILES string of the molecule is NC1CCC(NCCOCC2CC2)C1. The molecule has 2 saturated carbocycles. The molecule has 0 aromatic heterocycles. The molecule has 3 heteroatoms. The Kier molecular flexibility index (Phi) is 3.79. The fourth-order valence-corrected chi connectivity index (χ4v) is 2.07. The van der Waals surface area contributed by atoms with Gasteiger partial charge >= 0.3 is 0 Å². The monoisotopic (exact) mass is 198 g/mol. The molecule has 3 N–H and O–H groups in total. The smallest absolute Gasteiger partial charge is 0.0591 e. The maximum absolute atomic E-state index is 5.83. The van der Waals surface area contributed by atoms with Gasteiger partial charge in [-0.15, -0.1) is 0 Å². The minimum absolute atomic E-state index is 0.430. The highest BCUT2D eigenvalue weighted by molar-refractivity contribution is 4.82. The van der Waals surface area contributed by atoms with Crippen LogP contribution in [0.3, 0.4) is 0 Å². The summed E-state index contributed by atoms with van der Waals surface area (Å²) in [4.78, 5) is 0. The second kappa shape index (κ2) is 5.10. The molecule has 3 nitrogen and oxygen atoms in total. The lowest BCUT2D eigenvalue weighted by Gasteiger charge is -2.12. The minimum atomic E-state index is 0.430. The van der Waals surface area contributed by atoms with E-state index < -0.39 is 0 Å². The van der Waals surface area contributed by atoms with Gasteiger partial charge in [-0.3, -0.25) is 0 Å². The number of rotatable bonds is 6. The third kappa shape index (κ3) is 3.56. The van der Waals surface area contributed by atoms with Crippen LogP contribution in [-0.4, -0.2) is 31.8 Å². The molecule has 2 aliphatic carbocycles. The molecule has 0 heterocycles. The third-order valence-corrected chi connectivity index (χ3v) is 3.20. The molecule has 2 fully saturated rings. The highest BCUT2D eigenvalue weighted by atomic mass is 16.5. The summed E-state index contributed by atoms with van der Waals surface area (Å²) in [6.07, 6.45) is 6.32. The van der Waals surface area contributed by atoms with Gasteiger partial charge in [-0.2, -0.15) is 0 Å². The summed E-state index contributed by atoms with van der Waals surface area (Å²) in [5.74, 6) is 0.884. The first-order valence-electron chi connectivity index (χ1n) is 5.91. The largest absolute Gasteiger partial charge is 0.380 e. The van der Waals surface area contributed by atoms with Crippen molar-refractivity contribution >= 4 is 0 Å². The lowest BCUT2D eigenvalue weighted by molar-refractivity contribution is 0.124. The van der Waals surface area contributed by atoms with Crippen LogP contribution in [-0.2, 0) is 4.74 Å². The van der Waals surface area contributed by atoms with Crippen molar-refractivity contribution in [3.8, 4) is 0 Å². The molecule has 0 aliphatic heterocycles. The van der Waals surface area contributed by atoms with Crippen LogP contribution in [0.25, 0.3) is 0 Å². The van der Waals surface area contributed by atoms with Gasteiger partial charge in [0.1, 0.15) is 0 Å². The molecular formula is C11H22N2O. The van der Waals surface area contributed by atoms with E-state index in [4.69, 9.17) is 10.5 Å². The summed E-state index contributed by atoms with van der Waals surface area (Å²) in [5, 5.41) is 3.50. The number of nitrogens with one attached hydrogen (secondary N) is 1. The standard InChI is InChI=1S/C11H22N2O/c12-10-3-4-11(7-10)13-5-6-14-8-9-1-2-9/h9-11,13H,1-8,12H2. The zero-order valence-corrected chi connectivity index (χ0v) is 8.87. The summed E-state index contributed by atoms with van der Waals surface area (Å²) < 4.78 is 5.55. The van der Waals surface area contributed by atoms with Crippen LogP contribution < -0.4 is 11.1 Å². The Balaban J connectivity index is 1.42. The first-order valence-corrected chi connectivity index (χ1v) is 5.91. The van der Waals surface area contributed by atoms with Crippen molar-refractivity contribution in [3.05, 3.63) is 0 Å². The second-order valence-corrected chi connectivity index (χ2v) is 4.74. The van der Waals surface area contributed by atoms with E-state index in [-0.39, 0.29) is 0 Å². The Bertz CT molecular complexity index is 171. The molecule has 2 rings (SSSR count). The van der Waals surface area contributed by atoms with Gasteiger partial charge in [0, 0.05) is 25.2 Å². The van der Waals surface area contributed by atoms with E-state index in [1.807, 2.05) is 0 Å². The molecule has 0 aromatic rings. The van der Waals surface area contributed by atoms with Crippen LogP contribution in [0.5, 0.6) is 0 Å². The van der Waals surface area contributed by atoms with Gasteiger partial charge in [0.25, 0.3) is 0 Å². The lowest BCUT2D eigenvalue weighted by Crippen LogP contribution is -2.31. The normalized spacial score (nSPS) is 32.4. The van der Waals surface area contributed by atoms with E-state index in [2.05, 4.69) is 5.32 Å². The fourth-order valence-electron chi connectivity index (χ4n) is 2.07. The van der Waals surface area contributed by atoms with Gasteiger partial charge in [0.05, 0.1) is 6.61 Å². The molecule has 0 aromatic carbocycles. The molecule has 2 atom stereocenters. The molecule has 0 saturated heterocycles. The maximum atomic E-state index is 5.83. The van der Waals surface area contributed by atoms with Crippen LogP contribution >= 0.6 is 0 Å². The average Bonchev–Trinajstić information content (AvgIpc) is 2.89. The summed E-state index contributed by atoms with van der Waals surface area (Å²) in [7, 11) is 0. The van der Waals surface area contributed by atoms with Gasteiger partial charge in [-0.1, -0.05) is 0 Å². The molecule has 2 aliphatic rings. The second-order valence-electron chi connectivity index (χ2n) is 4.74. The lowest BCUT2D eigenvalue weighted by atomic mass is 10.2. The van der Waals surface area contributed by atoms with Crippen molar-refractivity contribution in [2.75, 3.05) is 19.8 Å². The topological polar surface area (TPSA) is 47.3 Å². The maximum Gasteiger partial charge on any atom is 0.0591 e. The van der Waals surface area contributed by atoms with Gasteiger partial charge in [0.2, 0.25) is 0 Å². The number of ether oxygens (including phenoxy) is 1. The first-order chi connectivity index (χ1) is 6.84. The predicted octanol–water partition coefficient (Wildman–Crippen LogP) is 0.882. The molecule has 0 amide bonds. The van der Waals surface area contributed by atoms with Crippen molar-refractivity contribution in [3.63, 3.8) is 0 Å². The van der Waals surface area contributed by atoms with E-state index in [1.165, 1.54) is 25.7 Å². The van der Waals surface area contributed by atoms with Crippen LogP contribution in [0.2, 0.25) is 0 Å². The average molecular weight is 198 g/mol. The van der Waals surface area contributed by atoms with Crippen LogP contribution in [0.1, 0.15) is 32.1 Å². The number of nitrogens with two attached hydrogens (primary N) is 1. The van der Waals surface area contributed by atoms with Gasteiger partial charge < -0.3 is 15.8 Å². The zero-order chi connectivity index (χ0) is 9.80. The number of hydrogen-bond acceptors (Lipinski definition) is 3. The Morgan fingerprint density at radius 2 is 2.07 bits per heavy atom. The third-order valence-electron chi connectivity index (χ3n) is 3.20. The fraction of sp³-hybridized carbons (Fsp3) is 1.00. The Morgan fingerprint density at radius 3 is 2.71 bits per heavy atom. The summed E-state index contributed by atoms with van der Waals surface area (Å²) in [6, 6.07) is 1.08. The van der Waals surface area contributed by atoms with Crippen LogP contribution in [0, 0.1) is 5.92 Å². The molecule has 0 radical (unpaired) electrons. The molecule has 14 heavy (non-hydrogen) atoms. The van der Waals surface area contributed by atoms with Gasteiger partial charge in [-0.05, 0) is 38.0 Å². The van der Waals surface area contributed by atoms with E-state index in [0.29, 0.717) is 12.1 Å². The van der Waals surface area contributed by atoms with Gasteiger partial charge in [0.15, 0.2) is 0 Å². The Hall–Kier alpha value is -0.120. The molecule has 0 spiro atoms. The molecule has 0 bridgehead atoms. The summed E-state index contributed by atoms with van der Waals surface area (Å²) in [6.45, 7) is 2.83. The van der Waals surface area contributed by atoms with Crippen LogP contribution in [0.4, 0.5) is 0 Å². The molecule has 2 unspecified atom stereocenters. The predicted molar refractivity (Wildman–Crippen MR) is 57.2 cm³/mol. The number of hydrogen-bond donors (Lipinski definition) is 2. The van der Waals surface area contributed by atoms with E-state index in [0.717, 1.165) is 32.1 Å². The zero-order valence-electron chi connectivity index (χ0n) is 8.87. The molecular weight excluding hydrogens is 176 g/mol.